The summed E-state index contributed by atoms with van der Waals surface area (Å²) >= 11 is 5.92. The zero-order valence-electron chi connectivity index (χ0n) is 8.32. The Morgan fingerprint density at radius 3 is 3.13 bits per heavy atom. The topological polar surface area (TPSA) is 64.2 Å². The van der Waals surface area contributed by atoms with Crippen LogP contribution >= 0.6 is 11.6 Å². The predicted molar refractivity (Wildman–Crippen MR) is 56.3 cm³/mol. The van der Waals surface area contributed by atoms with Crippen molar-refractivity contribution in [1.82, 2.24) is 14.5 Å². The van der Waals surface area contributed by atoms with Crippen LogP contribution in [0.4, 0.5) is 0 Å². The van der Waals surface area contributed by atoms with Crippen molar-refractivity contribution in [2.75, 3.05) is 13.1 Å². The molecule has 1 aliphatic rings. The monoisotopic (exact) mass is 228 g/mol. The molecule has 5 nitrogen and oxygen atoms in total. The van der Waals surface area contributed by atoms with Gasteiger partial charge in [0.1, 0.15) is 11.0 Å². The molecule has 0 aromatic carbocycles. The lowest BCUT2D eigenvalue weighted by molar-refractivity contribution is -0.132. The molecule has 0 radical (unpaired) electrons. The van der Waals surface area contributed by atoms with Gasteiger partial charge in [0.05, 0.1) is 12.7 Å². The molecule has 0 saturated carbocycles. The van der Waals surface area contributed by atoms with Crippen LogP contribution in [0.25, 0.3) is 0 Å². The van der Waals surface area contributed by atoms with E-state index in [9.17, 15) is 4.79 Å². The first-order valence-corrected chi connectivity index (χ1v) is 5.28. The van der Waals surface area contributed by atoms with Crippen LogP contribution in [0.5, 0.6) is 0 Å². The maximum Gasteiger partial charge on any atom is 0.224 e. The number of aromatic nitrogens is 2. The van der Waals surface area contributed by atoms with Crippen LogP contribution in [0.3, 0.4) is 0 Å². The van der Waals surface area contributed by atoms with Gasteiger partial charge in [0.2, 0.25) is 5.91 Å². The molecule has 1 amide bonds. The van der Waals surface area contributed by atoms with Crippen molar-refractivity contribution >= 4 is 17.5 Å². The maximum absolute atomic E-state index is 11.6. The molecule has 15 heavy (non-hydrogen) atoms. The van der Waals surface area contributed by atoms with Gasteiger partial charge < -0.3 is 15.2 Å². The molecule has 2 rings (SSSR count). The normalized spacial score (nSPS) is 15.2. The second-order valence-electron chi connectivity index (χ2n) is 3.50. The van der Waals surface area contributed by atoms with Gasteiger partial charge in [-0.05, 0) is 0 Å². The fraction of sp³-hybridized carbons (Fsp3) is 0.556. The van der Waals surface area contributed by atoms with Crippen LogP contribution in [-0.4, -0.2) is 33.4 Å². The van der Waals surface area contributed by atoms with Gasteiger partial charge in [0.15, 0.2) is 0 Å². The molecule has 6 heteroatoms. The fourth-order valence-corrected chi connectivity index (χ4v) is 1.95. The molecule has 0 fully saturated rings. The lowest BCUT2D eigenvalue weighted by atomic mass is 10.3. The summed E-state index contributed by atoms with van der Waals surface area (Å²) in [5, 5.41) is 0.635. The SMILES string of the molecule is NCCC(=O)N1CCn2c(Cl)cnc2C1. The van der Waals surface area contributed by atoms with Crippen LogP contribution in [0, 0.1) is 0 Å². The highest BCUT2D eigenvalue weighted by Crippen LogP contribution is 2.17. The molecule has 0 bridgehead atoms. The molecule has 0 saturated heterocycles. The molecule has 1 aromatic rings. The summed E-state index contributed by atoms with van der Waals surface area (Å²) in [6, 6.07) is 0. The number of carbonyl (C=O) groups excluding carboxylic acids is 1. The fourth-order valence-electron chi connectivity index (χ4n) is 1.72. The molecule has 2 N–H and O–H groups in total. The number of nitrogens with zero attached hydrogens (tertiary/aromatic N) is 3. The Kier molecular flexibility index (Phi) is 2.93. The Morgan fingerprint density at radius 1 is 1.60 bits per heavy atom. The smallest absolute Gasteiger partial charge is 0.224 e. The number of hydrogen-bond acceptors (Lipinski definition) is 3. The molecule has 82 valence electrons. The van der Waals surface area contributed by atoms with Crippen molar-refractivity contribution in [2.45, 2.75) is 19.5 Å². The number of rotatable bonds is 2. The van der Waals surface area contributed by atoms with Crippen LogP contribution < -0.4 is 5.73 Å². The van der Waals surface area contributed by atoms with Crippen molar-refractivity contribution in [3.8, 4) is 0 Å². The van der Waals surface area contributed by atoms with Gasteiger partial charge in [0, 0.05) is 26.1 Å². The zero-order valence-corrected chi connectivity index (χ0v) is 9.07. The number of fused-ring (bicyclic) bond motifs is 1. The van der Waals surface area contributed by atoms with E-state index in [0.717, 1.165) is 5.82 Å². The van der Waals surface area contributed by atoms with Gasteiger partial charge in [-0.3, -0.25) is 4.79 Å². The third kappa shape index (κ3) is 1.98. The lowest BCUT2D eigenvalue weighted by Gasteiger charge is -2.27. The van der Waals surface area contributed by atoms with E-state index in [0.29, 0.717) is 37.8 Å². The standard InChI is InChI=1S/C9H13ClN4O/c10-7-5-12-8-6-13(3-4-14(7)8)9(15)1-2-11/h5H,1-4,6,11H2. The molecule has 0 unspecified atom stereocenters. The Labute approximate surface area is 92.8 Å². The van der Waals surface area contributed by atoms with Gasteiger partial charge in [-0.15, -0.1) is 0 Å². The molecule has 0 spiro atoms. The van der Waals surface area contributed by atoms with E-state index in [1.165, 1.54) is 0 Å². The molecule has 1 aromatic heterocycles. The summed E-state index contributed by atoms with van der Waals surface area (Å²) in [7, 11) is 0. The summed E-state index contributed by atoms with van der Waals surface area (Å²) in [6.45, 7) is 2.32. The largest absolute Gasteiger partial charge is 0.333 e. The molecule has 2 heterocycles. The van der Waals surface area contributed by atoms with Crippen molar-refractivity contribution < 1.29 is 4.79 Å². The van der Waals surface area contributed by atoms with E-state index in [1.54, 1.807) is 11.1 Å². The van der Waals surface area contributed by atoms with Crippen LogP contribution in [-0.2, 0) is 17.9 Å². The van der Waals surface area contributed by atoms with Gasteiger partial charge >= 0.3 is 0 Å². The summed E-state index contributed by atoms with van der Waals surface area (Å²) in [6.07, 6.45) is 2.02. The van der Waals surface area contributed by atoms with E-state index in [-0.39, 0.29) is 5.91 Å². The summed E-state index contributed by atoms with van der Waals surface area (Å²) in [5.74, 6) is 0.930. The molecule has 0 aliphatic carbocycles. The predicted octanol–water partition coefficient (Wildman–Crippen LogP) is 0.227. The Hall–Kier alpha value is -1.07. The van der Waals surface area contributed by atoms with E-state index in [4.69, 9.17) is 17.3 Å². The molecule has 0 atom stereocenters. The second kappa shape index (κ2) is 4.20. The van der Waals surface area contributed by atoms with Crippen molar-refractivity contribution in [3.63, 3.8) is 0 Å². The summed E-state index contributed by atoms with van der Waals surface area (Å²) < 4.78 is 1.92. The minimum absolute atomic E-state index is 0.0860. The highest BCUT2D eigenvalue weighted by molar-refractivity contribution is 6.29. The number of amides is 1. The Bertz CT molecular complexity index is 376. The Morgan fingerprint density at radius 2 is 2.40 bits per heavy atom. The third-order valence-corrected chi connectivity index (χ3v) is 2.83. The first kappa shape index (κ1) is 10.4. The number of carbonyl (C=O) groups is 1. The summed E-state index contributed by atoms with van der Waals surface area (Å²) in [4.78, 5) is 17.5. The van der Waals surface area contributed by atoms with Crippen molar-refractivity contribution in [1.29, 1.82) is 0 Å². The molecule has 1 aliphatic heterocycles. The minimum Gasteiger partial charge on any atom is -0.333 e. The average molecular weight is 229 g/mol. The van der Waals surface area contributed by atoms with Gasteiger partial charge in [-0.2, -0.15) is 0 Å². The third-order valence-electron chi connectivity index (χ3n) is 2.53. The number of halogens is 1. The zero-order chi connectivity index (χ0) is 10.8. The second-order valence-corrected chi connectivity index (χ2v) is 3.89. The van der Waals surface area contributed by atoms with Crippen molar-refractivity contribution in [3.05, 3.63) is 17.2 Å². The highest BCUT2D eigenvalue weighted by Gasteiger charge is 2.22. The van der Waals surface area contributed by atoms with Gasteiger partial charge in [-0.25, -0.2) is 4.98 Å². The lowest BCUT2D eigenvalue weighted by Crippen LogP contribution is -2.39. The van der Waals surface area contributed by atoms with Crippen LogP contribution in [0.15, 0.2) is 6.20 Å². The van der Waals surface area contributed by atoms with E-state index in [1.807, 2.05) is 4.57 Å². The van der Waals surface area contributed by atoms with Crippen LogP contribution in [0.2, 0.25) is 5.15 Å². The average Bonchev–Trinajstić information content (AvgIpc) is 2.60. The first-order chi connectivity index (χ1) is 7.22. The molecular weight excluding hydrogens is 216 g/mol. The minimum atomic E-state index is 0.0860. The number of nitrogens with two attached hydrogens (primary N) is 1. The van der Waals surface area contributed by atoms with Crippen LogP contribution in [0.1, 0.15) is 12.2 Å². The van der Waals surface area contributed by atoms with Crippen molar-refractivity contribution in [2.24, 2.45) is 5.73 Å². The Balaban J connectivity index is 2.09. The summed E-state index contributed by atoms with van der Waals surface area (Å²) in [5.41, 5.74) is 5.35. The quantitative estimate of drug-likeness (QED) is 0.788. The van der Waals surface area contributed by atoms with E-state index >= 15 is 0 Å². The number of imidazole rings is 1. The first-order valence-electron chi connectivity index (χ1n) is 4.90. The number of hydrogen-bond donors (Lipinski definition) is 1. The van der Waals surface area contributed by atoms with E-state index in [2.05, 4.69) is 4.98 Å². The maximum atomic E-state index is 11.6. The van der Waals surface area contributed by atoms with Gasteiger partial charge in [0.25, 0.3) is 0 Å². The van der Waals surface area contributed by atoms with E-state index < -0.39 is 0 Å². The molecular formula is C9H13ClN4O. The highest BCUT2D eigenvalue weighted by atomic mass is 35.5. The van der Waals surface area contributed by atoms with Gasteiger partial charge in [-0.1, -0.05) is 11.6 Å².